The van der Waals surface area contributed by atoms with Crippen molar-refractivity contribution in [3.05, 3.63) is 17.0 Å². The summed E-state index contributed by atoms with van der Waals surface area (Å²) < 4.78 is 26.6. The van der Waals surface area contributed by atoms with E-state index in [9.17, 15) is 8.42 Å². The minimum absolute atomic E-state index is 0.186. The monoisotopic (exact) mass is 258 g/mol. The molecule has 1 rings (SSSR count). The van der Waals surface area contributed by atoms with Gasteiger partial charge in [0, 0.05) is 5.54 Å². The number of hydrogen-bond acceptors (Lipinski definition) is 4. The maximum absolute atomic E-state index is 11.9. The van der Waals surface area contributed by atoms with Crippen LogP contribution in [0.25, 0.3) is 0 Å². The predicted octanol–water partition coefficient (Wildman–Crippen LogP) is 2.09. The molecule has 4 nitrogen and oxygen atoms in total. The zero-order chi connectivity index (χ0) is 12.4. The molecule has 0 unspecified atom stereocenters. The van der Waals surface area contributed by atoms with E-state index in [1.807, 2.05) is 26.8 Å². The van der Waals surface area contributed by atoms with Gasteiger partial charge in [0.05, 0.1) is 0 Å². The van der Waals surface area contributed by atoms with Crippen LogP contribution in [0.15, 0.2) is 16.3 Å². The average Bonchev–Trinajstić information content (AvgIpc) is 2.65. The summed E-state index contributed by atoms with van der Waals surface area (Å²) >= 11 is 0.979. The van der Waals surface area contributed by atoms with Crippen molar-refractivity contribution in [1.82, 2.24) is 4.72 Å². The van der Waals surface area contributed by atoms with Crippen LogP contribution in [-0.4, -0.2) is 14.0 Å². The number of rotatable bonds is 4. The Labute approximate surface area is 100.0 Å². The SMILES string of the molecule is CCC(C)(C)NS(=O)(=O)c1ccc(C#N)s1. The number of hydrogen-bond donors (Lipinski definition) is 1. The van der Waals surface area contributed by atoms with Crippen LogP contribution in [0.2, 0.25) is 0 Å². The Bertz CT molecular complexity index is 509. The molecule has 1 aromatic heterocycles. The fourth-order valence-electron chi connectivity index (χ4n) is 1.01. The van der Waals surface area contributed by atoms with E-state index in [-0.39, 0.29) is 4.21 Å². The summed E-state index contributed by atoms with van der Waals surface area (Å²) in [5.41, 5.74) is -0.477. The molecular weight excluding hydrogens is 244 g/mol. The predicted molar refractivity (Wildman–Crippen MR) is 63.7 cm³/mol. The molecule has 0 amide bonds. The summed E-state index contributed by atoms with van der Waals surface area (Å²) in [5, 5.41) is 8.64. The van der Waals surface area contributed by atoms with E-state index in [0.717, 1.165) is 11.3 Å². The van der Waals surface area contributed by atoms with Crippen LogP contribution in [0, 0.1) is 11.3 Å². The molecule has 0 aromatic carbocycles. The van der Waals surface area contributed by atoms with Gasteiger partial charge in [-0.25, -0.2) is 13.1 Å². The first kappa shape index (κ1) is 13.2. The Morgan fingerprint density at radius 3 is 2.56 bits per heavy atom. The third kappa shape index (κ3) is 3.04. The maximum Gasteiger partial charge on any atom is 0.250 e. The first-order valence-corrected chi connectivity index (χ1v) is 7.14. The first-order chi connectivity index (χ1) is 7.30. The molecule has 0 radical (unpaired) electrons. The lowest BCUT2D eigenvalue weighted by Crippen LogP contribution is -2.42. The molecule has 1 aromatic rings. The Balaban J connectivity index is 3.00. The Hall–Kier alpha value is -0.900. The van der Waals surface area contributed by atoms with E-state index < -0.39 is 15.6 Å². The molecule has 16 heavy (non-hydrogen) atoms. The molecule has 0 fully saturated rings. The van der Waals surface area contributed by atoms with Crippen molar-refractivity contribution in [2.24, 2.45) is 0 Å². The number of nitrogens with one attached hydrogen (secondary N) is 1. The molecule has 0 atom stereocenters. The summed E-state index contributed by atoms with van der Waals surface area (Å²) in [7, 11) is -3.50. The molecule has 0 aliphatic carbocycles. The molecule has 0 aliphatic rings. The lowest BCUT2D eigenvalue weighted by atomic mass is 10.0. The van der Waals surface area contributed by atoms with Crippen LogP contribution >= 0.6 is 11.3 Å². The van der Waals surface area contributed by atoms with E-state index >= 15 is 0 Å². The number of sulfonamides is 1. The van der Waals surface area contributed by atoms with Crippen LogP contribution in [0.1, 0.15) is 32.1 Å². The fourth-order valence-corrected chi connectivity index (χ4v) is 3.60. The number of thiophene rings is 1. The van der Waals surface area contributed by atoms with Crippen molar-refractivity contribution in [3.63, 3.8) is 0 Å². The lowest BCUT2D eigenvalue weighted by molar-refractivity contribution is 0.440. The summed E-state index contributed by atoms with van der Waals surface area (Å²) in [6.45, 7) is 5.56. The summed E-state index contributed by atoms with van der Waals surface area (Å²) in [6, 6.07) is 4.89. The summed E-state index contributed by atoms with van der Waals surface area (Å²) in [4.78, 5) is 0.398. The highest BCUT2D eigenvalue weighted by molar-refractivity contribution is 7.91. The zero-order valence-corrected chi connectivity index (χ0v) is 11.1. The second-order valence-electron chi connectivity index (χ2n) is 4.07. The molecule has 0 saturated heterocycles. The third-order valence-corrected chi connectivity index (χ3v) is 5.43. The molecule has 1 heterocycles. The van der Waals surface area contributed by atoms with E-state index in [4.69, 9.17) is 5.26 Å². The highest BCUT2D eigenvalue weighted by Crippen LogP contribution is 2.22. The van der Waals surface area contributed by atoms with Crippen LogP contribution < -0.4 is 4.72 Å². The van der Waals surface area contributed by atoms with Gasteiger partial charge in [0.25, 0.3) is 10.0 Å². The minimum Gasteiger partial charge on any atom is -0.206 e. The van der Waals surface area contributed by atoms with Crippen LogP contribution in [0.5, 0.6) is 0 Å². The Morgan fingerprint density at radius 1 is 1.50 bits per heavy atom. The molecule has 1 N–H and O–H groups in total. The molecule has 0 saturated carbocycles. The van der Waals surface area contributed by atoms with E-state index in [1.54, 1.807) is 0 Å². The zero-order valence-electron chi connectivity index (χ0n) is 9.44. The van der Waals surface area contributed by atoms with Crippen molar-refractivity contribution in [2.75, 3.05) is 0 Å². The largest absolute Gasteiger partial charge is 0.250 e. The summed E-state index contributed by atoms with van der Waals surface area (Å²) in [5.74, 6) is 0. The van der Waals surface area contributed by atoms with Gasteiger partial charge in [-0.1, -0.05) is 6.92 Å². The lowest BCUT2D eigenvalue weighted by Gasteiger charge is -2.23. The van der Waals surface area contributed by atoms with E-state index in [0.29, 0.717) is 11.3 Å². The van der Waals surface area contributed by atoms with Crippen LogP contribution in [0.3, 0.4) is 0 Å². The molecular formula is C10H14N2O2S2. The second-order valence-corrected chi connectivity index (χ2v) is 7.07. The van der Waals surface area contributed by atoms with Gasteiger partial charge in [-0.2, -0.15) is 5.26 Å². The second kappa shape index (κ2) is 4.53. The van der Waals surface area contributed by atoms with Crippen molar-refractivity contribution in [3.8, 4) is 6.07 Å². The topological polar surface area (TPSA) is 70.0 Å². The Kier molecular flexibility index (Phi) is 3.73. The van der Waals surface area contributed by atoms with Crippen LogP contribution in [0.4, 0.5) is 0 Å². The summed E-state index contributed by atoms with van der Waals surface area (Å²) in [6.07, 6.45) is 0.697. The minimum atomic E-state index is -3.50. The maximum atomic E-state index is 11.9. The van der Waals surface area contributed by atoms with Gasteiger partial charge in [0.15, 0.2) is 0 Å². The van der Waals surface area contributed by atoms with E-state index in [2.05, 4.69) is 4.72 Å². The van der Waals surface area contributed by atoms with Gasteiger partial charge in [-0.3, -0.25) is 0 Å². The molecule has 6 heteroatoms. The molecule has 0 bridgehead atoms. The van der Waals surface area contributed by atoms with Crippen molar-refractivity contribution >= 4 is 21.4 Å². The molecule has 0 spiro atoms. The Morgan fingerprint density at radius 2 is 2.12 bits per heavy atom. The first-order valence-electron chi connectivity index (χ1n) is 4.84. The van der Waals surface area contributed by atoms with Gasteiger partial charge in [0.1, 0.15) is 15.2 Å². The highest BCUT2D eigenvalue weighted by Gasteiger charge is 2.25. The number of nitriles is 1. The van der Waals surface area contributed by atoms with Gasteiger partial charge < -0.3 is 0 Å². The third-order valence-electron chi connectivity index (χ3n) is 2.25. The number of nitrogens with zero attached hydrogens (tertiary/aromatic N) is 1. The highest BCUT2D eigenvalue weighted by atomic mass is 32.2. The average molecular weight is 258 g/mol. The van der Waals surface area contributed by atoms with Gasteiger partial charge in [-0.05, 0) is 32.4 Å². The molecule has 0 aliphatic heterocycles. The fraction of sp³-hybridized carbons (Fsp3) is 0.500. The van der Waals surface area contributed by atoms with Crippen LogP contribution in [-0.2, 0) is 10.0 Å². The standard InChI is InChI=1S/C10H14N2O2S2/c1-4-10(2,3)12-16(13,14)9-6-5-8(7-11)15-9/h5-6,12H,4H2,1-3H3. The van der Waals surface area contributed by atoms with Crippen molar-refractivity contribution < 1.29 is 8.42 Å². The quantitative estimate of drug-likeness (QED) is 0.899. The van der Waals surface area contributed by atoms with Crippen molar-refractivity contribution in [1.29, 1.82) is 5.26 Å². The smallest absolute Gasteiger partial charge is 0.206 e. The normalized spacial score (nSPS) is 12.4. The van der Waals surface area contributed by atoms with Crippen molar-refractivity contribution in [2.45, 2.75) is 36.9 Å². The van der Waals surface area contributed by atoms with Gasteiger partial charge in [0.2, 0.25) is 0 Å². The van der Waals surface area contributed by atoms with Gasteiger partial charge >= 0.3 is 0 Å². The molecule has 88 valence electrons. The van der Waals surface area contributed by atoms with Gasteiger partial charge in [-0.15, -0.1) is 11.3 Å². The van der Waals surface area contributed by atoms with E-state index in [1.165, 1.54) is 12.1 Å².